The highest BCUT2D eigenvalue weighted by Crippen LogP contribution is 2.51. The van der Waals surface area contributed by atoms with Crippen LogP contribution in [0.3, 0.4) is 0 Å². The first kappa shape index (κ1) is 13.8. The summed E-state index contributed by atoms with van der Waals surface area (Å²) in [6.07, 6.45) is 4.11. The average molecular weight is 261 g/mol. The highest BCUT2D eigenvalue weighted by molar-refractivity contribution is 5.93. The van der Waals surface area contributed by atoms with E-state index < -0.39 is 0 Å². The fourth-order valence-corrected chi connectivity index (χ4v) is 2.33. The van der Waals surface area contributed by atoms with Crippen LogP contribution in [0.25, 0.3) is 0 Å². The van der Waals surface area contributed by atoms with E-state index in [-0.39, 0.29) is 5.91 Å². The molecule has 0 bridgehead atoms. The molecule has 0 aliphatic heterocycles. The molecule has 1 aliphatic carbocycles. The van der Waals surface area contributed by atoms with Gasteiger partial charge in [0.15, 0.2) is 0 Å². The van der Waals surface area contributed by atoms with Gasteiger partial charge in [-0.1, -0.05) is 13.8 Å². The van der Waals surface area contributed by atoms with E-state index in [1.807, 2.05) is 13.0 Å². The lowest BCUT2D eigenvalue weighted by Gasteiger charge is -2.19. The van der Waals surface area contributed by atoms with Crippen LogP contribution < -0.4 is 10.6 Å². The van der Waals surface area contributed by atoms with Crippen molar-refractivity contribution in [3.05, 3.63) is 24.0 Å². The van der Waals surface area contributed by atoms with E-state index in [2.05, 4.69) is 29.5 Å². The van der Waals surface area contributed by atoms with Gasteiger partial charge in [0, 0.05) is 25.0 Å². The number of anilines is 1. The molecule has 0 atom stereocenters. The number of aromatic nitrogens is 1. The molecule has 1 heterocycles. The van der Waals surface area contributed by atoms with Crippen molar-refractivity contribution in [1.82, 2.24) is 10.3 Å². The van der Waals surface area contributed by atoms with E-state index in [4.69, 9.17) is 0 Å². The zero-order chi connectivity index (χ0) is 13.9. The van der Waals surface area contributed by atoms with E-state index in [0.29, 0.717) is 17.0 Å². The van der Waals surface area contributed by atoms with Gasteiger partial charge >= 0.3 is 0 Å². The number of rotatable bonds is 6. The van der Waals surface area contributed by atoms with Crippen LogP contribution in [-0.2, 0) is 0 Å². The number of carbonyl (C=O) groups excluding carboxylic acids is 1. The molecule has 0 radical (unpaired) electrons. The fraction of sp³-hybridized carbons (Fsp3) is 0.600. The van der Waals surface area contributed by atoms with Crippen molar-refractivity contribution < 1.29 is 4.79 Å². The predicted octanol–water partition coefficient (Wildman–Crippen LogP) is 2.68. The molecular weight excluding hydrogens is 238 g/mol. The lowest BCUT2D eigenvalue weighted by atomic mass is 9.92. The summed E-state index contributed by atoms with van der Waals surface area (Å²) in [5, 5.41) is 6.21. The summed E-state index contributed by atoms with van der Waals surface area (Å²) < 4.78 is 0. The molecule has 4 heteroatoms. The van der Waals surface area contributed by atoms with E-state index >= 15 is 0 Å². The smallest absolute Gasteiger partial charge is 0.269 e. The van der Waals surface area contributed by atoms with E-state index in [0.717, 1.165) is 18.8 Å². The topological polar surface area (TPSA) is 54.0 Å². The van der Waals surface area contributed by atoms with Crippen LogP contribution in [0.5, 0.6) is 0 Å². The minimum absolute atomic E-state index is 0.0771. The average Bonchev–Trinajstić information content (AvgIpc) is 3.18. The second-order valence-electron chi connectivity index (χ2n) is 5.66. The Kier molecular flexibility index (Phi) is 4.08. The van der Waals surface area contributed by atoms with Gasteiger partial charge in [0.05, 0.1) is 0 Å². The Balaban J connectivity index is 1.94. The summed E-state index contributed by atoms with van der Waals surface area (Å²) in [6.45, 7) is 8.07. The number of nitrogens with zero attached hydrogens (tertiary/aromatic N) is 1. The molecule has 1 aromatic heterocycles. The third-order valence-electron chi connectivity index (χ3n) is 4.09. The minimum Gasteiger partial charge on any atom is -0.385 e. The molecule has 19 heavy (non-hydrogen) atoms. The minimum atomic E-state index is -0.0771. The molecule has 104 valence electrons. The lowest BCUT2D eigenvalue weighted by Crippen LogP contribution is -2.33. The zero-order valence-corrected chi connectivity index (χ0v) is 12.0. The van der Waals surface area contributed by atoms with Crippen LogP contribution in [-0.4, -0.2) is 24.0 Å². The van der Waals surface area contributed by atoms with Gasteiger partial charge in [0.25, 0.3) is 5.91 Å². The van der Waals surface area contributed by atoms with Gasteiger partial charge in [-0.2, -0.15) is 0 Å². The van der Waals surface area contributed by atoms with E-state index in [9.17, 15) is 4.79 Å². The Bertz CT molecular complexity index is 452. The van der Waals surface area contributed by atoms with Crippen LogP contribution in [0, 0.1) is 11.3 Å². The molecule has 4 nitrogen and oxygen atoms in total. The van der Waals surface area contributed by atoms with Gasteiger partial charge in [0.2, 0.25) is 0 Å². The molecule has 0 unspecified atom stereocenters. The first-order chi connectivity index (χ1) is 9.07. The first-order valence-electron chi connectivity index (χ1n) is 7.05. The molecule has 0 saturated heterocycles. The van der Waals surface area contributed by atoms with Crippen molar-refractivity contribution in [3.63, 3.8) is 0 Å². The van der Waals surface area contributed by atoms with Gasteiger partial charge in [-0.05, 0) is 43.2 Å². The van der Waals surface area contributed by atoms with Crippen molar-refractivity contribution in [2.45, 2.75) is 33.6 Å². The van der Waals surface area contributed by atoms with E-state index in [1.165, 1.54) is 12.8 Å². The van der Waals surface area contributed by atoms with Gasteiger partial charge in [-0.25, -0.2) is 0 Å². The molecule has 0 aromatic carbocycles. The number of pyridine rings is 1. The van der Waals surface area contributed by atoms with Crippen LogP contribution >= 0.6 is 0 Å². The summed E-state index contributed by atoms with van der Waals surface area (Å²) >= 11 is 0. The Hall–Kier alpha value is -1.58. The maximum atomic E-state index is 12.1. The lowest BCUT2D eigenvalue weighted by molar-refractivity contribution is 0.0935. The molecule has 1 aliphatic rings. The molecular formula is C15H23N3O. The maximum Gasteiger partial charge on any atom is 0.269 e. The molecule has 2 rings (SSSR count). The first-order valence-corrected chi connectivity index (χ1v) is 7.05. The Morgan fingerprint density at radius 1 is 1.47 bits per heavy atom. The summed E-state index contributed by atoms with van der Waals surface area (Å²) in [6, 6.07) is 3.67. The van der Waals surface area contributed by atoms with Crippen molar-refractivity contribution in [2.24, 2.45) is 11.3 Å². The third kappa shape index (κ3) is 3.25. The van der Waals surface area contributed by atoms with Gasteiger partial charge < -0.3 is 10.6 Å². The van der Waals surface area contributed by atoms with Crippen molar-refractivity contribution >= 4 is 11.6 Å². The SMILES string of the molecule is CCNc1ccnc(C(=O)NCC2(C(C)C)CC2)c1. The Morgan fingerprint density at radius 2 is 2.21 bits per heavy atom. The highest BCUT2D eigenvalue weighted by Gasteiger charge is 2.45. The monoisotopic (exact) mass is 261 g/mol. The van der Waals surface area contributed by atoms with Crippen LogP contribution in [0.2, 0.25) is 0 Å². The predicted molar refractivity (Wildman–Crippen MR) is 77.2 cm³/mol. The third-order valence-corrected chi connectivity index (χ3v) is 4.09. The summed E-state index contributed by atoms with van der Waals surface area (Å²) in [7, 11) is 0. The van der Waals surface area contributed by atoms with Crippen molar-refractivity contribution in [1.29, 1.82) is 0 Å². The second kappa shape index (κ2) is 5.59. The highest BCUT2D eigenvalue weighted by atomic mass is 16.1. The zero-order valence-electron chi connectivity index (χ0n) is 12.0. The fourth-order valence-electron chi connectivity index (χ4n) is 2.33. The summed E-state index contributed by atoms with van der Waals surface area (Å²) in [4.78, 5) is 16.2. The van der Waals surface area contributed by atoms with Crippen LogP contribution in [0.1, 0.15) is 44.1 Å². The van der Waals surface area contributed by atoms with Crippen molar-refractivity contribution in [3.8, 4) is 0 Å². The van der Waals surface area contributed by atoms with Crippen molar-refractivity contribution in [2.75, 3.05) is 18.4 Å². The van der Waals surface area contributed by atoms with Gasteiger partial charge in [0.1, 0.15) is 5.69 Å². The molecule has 0 spiro atoms. The Morgan fingerprint density at radius 3 is 2.79 bits per heavy atom. The molecule has 1 aromatic rings. The molecule has 2 N–H and O–H groups in total. The van der Waals surface area contributed by atoms with Crippen LogP contribution in [0.15, 0.2) is 18.3 Å². The maximum absolute atomic E-state index is 12.1. The summed E-state index contributed by atoms with van der Waals surface area (Å²) in [5.41, 5.74) is 1.75. The number of carbonyl (C=O) groups is 1. The molecule has 1 fully saturated rings. The molecule has 1 amide bonds. The number of hydrogen-bond acceptors (Lipinski definition) is 3. The Labute approximate surface area is 115 Å². The number of nitrogens with one attached hydrogen (secondary N) is 2. The van der Waals surface area contributed by atoms with E-state index in [1.54, 1.807) is 12.3 Å². The normalized spacial score (nSPS) is 16.2. The number of hydrogen-bond donors (Lipinski definition) is 2. The standard InChI is InChI=1S/C15H23N3O/c1-4-16-12-5-8-17-13(9-12)14(19)18-10-15(6-7-15)11(2)3/h5,8-9,11H,4,6-7,10H2,1-3H3,(H,16,17)(H,18,19). The number of amides is 1. The summed E-state index contributed by atoms with van der Waals surface area (Å²) in [5.74, 6) is 0.542. The van der Waals surface area contributed by atoms with Crippen LogP contribution in [0.4, 0.5) is 5.69 Å². The second-order valence-corrected chi connectivity index (χ2v) is 5.66. The largest absolute Gasteiger partial charge is 0.385 e. The van der Waals surface area contributed by atoms with Gasteiger partial charge in [-0.3, -0.25) is 9.78 Å². The quantitative estimate of drug-likeness (QED) is 0.827. The molecule has 1 saturated carbocycles. The van der Waals surface area contributed by atoms with Gasteiger partial charge in [-0.15, -0.1) is 0 Å².